The van der Waals surface area contributed by atoms with Crippen molar-refractivity contribution in [3.05, 3.63) is 99.0 Å². The summed E-state index contributed by atoms with van der Waals surface area (Å²) in [6.07, 6.45) is 0.382. The quantitative estimate of drug-likeness (QED) is 0.333. The number of ether oxygens (including phenoxy) is 1. The Morgan fingerprint density at radius 1 is 1.00 bits per heavy atom. The molecule has 0 aliphatic heterocycles. The van der Waals surface area contributed by atoms with Crippen molar-refractivity contribution in [2.24, 2.45) is 0 Å². The van der Waals surface area contributed by atoms with Crippen molar-refractivity contribution >= 4 is 39.3 Å². The van der Waals surface area contributed by atoms with Crippen LogP contribution in [0.25, 0.3) is 0 Å². The predicted octanol–water partition coefficient (Wildman–Crippen LogP) is 5.99. The molecule has 7 heteroatoms. The number of nitrogens with one attached hydrogen (secondary N) is 1. The highest BCUT2D eigenvalue weighted by Crippen LogP contribution is 2.29. The Bertz CT molecular complexity index is 1140. The van der Waals surface area contributed by atoms with Gasteiger partial charge >= 0.3 is 0 Å². The molecule has 3 aromatic rings. The second-order valence-corrected chi connectivity index (χ2v) is 9.89. The van der Waals surface area contributed by atoms with Crippen LogP contribution in [-0.2, 0) is 22.6 Å². The summed E-state index contributed by atoms with van der Waals surface area (Å²) in [5.74, 6) is 0.430. The molecule has 0 saturated carbocycles. The number of amides is 2. The van der Waals surface area contributed by atoms with Crippen LogP contribution in [0.3, 0.4) is 0 Å². The molecule has 0 fully saturated rings. The van der Waals surface area contributed by atoms with E-state index in [0.29, 0.717) is 23.1 Å². The second-order valence-electron chi connectivity index (χ2n) is 8.60. The van der Waals surface area contributed by atoms with Crippen LogP contribution in [0.4, 0.5) is 0 Å². The highest BCUT2D eigenvalue weighted by atomic mass is 79.9. The normalized spacial score (nSPS) is 11.7. The van der Waals surface area contributed by atoms with E-state index in [0.717, 1.165) is 15.6 Å². The van der Waals surface area contributed by atoms with Crippen LogP contribution in [0.1, 0.15) is 36.5 Å². The first-order valence-electron chi connectivity index (χ1n) is 11.5. The number of likely N-dealkylation sites (N-methyl/N-ethyl adjacent to an activating group) is 1. The minimum Gasteiger partial charge on any atom is -0.483 e. The molecule has 0 spiro atoms. The van der Waals surface area contributed by atoms with E-state index in [-0.39, 0.29) is 25.0 Å². The van der Waals surface area contributed by atoms with Crippen LogP contribution in [0, 0.1) is 0 Å². The third-order valence-electron chi connectivity index (χ3n) is 5.76. The summed E-state index contributed by atoms with van der Waals surface area (Å²) in [7, 11) is 1.58. The van der Waals surface area contributed by atoms with Crippen LogP contribution in [0.2, 0.25) is 5.02 Å². The molecule has 184 valence electrons. The molecule has 1 N–H and O–H groups in total. The van der Waals surface area contributed by atoms with Crippen molar-refractivity contribution in [3.8, 4) is 5.75 Å². The van der Waals surface area contributed by atoms with E-state index in [1.165, 1.54) is 5.56 Å². The lowest BCUT2D eigenvalue weighted by Gasteiger charge is -2.31. The van der Waals surface area contributed by atoms with Crippen molar-refractivity contribution in [2.45, 2.75) is 38.8 Å². The molecular weight excluding hydrogens is 528 g/mol. The lowest BCUT2D eigenvalue weighted by Crippen LogP contribution is -2.51. The number of carbonyl (C=O) groups excluding carboxylic acids is 2. The van der Waals surface area contributed by atoms with Crippen molar-refractivity contribution in [2.75, 3.05) is 13.7 Å². The maximum Gasteiger partial charge on any atom is 0.261 e. The lowest BCUT2D eigenvalue weighted by molar-refractivity contribution is -0.142. The lowest BCUT2D eigenvalue weighted by atomic mass is 10.0. The number of halogens is 2. The minimum absolute atomic E-state index is 0.199. The van der Waals surface area contributed by atoms with E-state index in [2.05, 4.69) is 35.1 Å². The van der Waals surface area contributed by atoms with Gasteiger partial charge in [0.25, 0.3) is 5.91 Å². The molecule has 0 saturated heterocycles. The largest absolute Gasteiger partial charge is 0.483 e. The predicted molar refractivity (Wildman–Crippen MR) is 144 cm³/mol. The molecule has 1 unspecified atom stereocenters. The zero-order chi connectivity index (χ0) is 25.4. The van der Waals surface area contributed by atoms with Crippen LogP contribution in [0.15, 0.2) is 77.3 Å². The number of nitrogens with zero attached hydrogens (tertiary/aromatic N) is 1. The van der Waals surface area contributed by atoms with E-state index >= 15 is 0 Å². The molecule has 0 heterocycles. The fourth-order valence-electron chi connectivity index (χ4n) is 3.72. The first-order chi connectivity index (χ1) is 16.8. The highest BCUT2D eigenvalue weighted by molar-refractivity contribution is 9.10. The number of hydrogen-bond acceptors (Lipinski definition) is 3. The average Bonchev–Trinajstić information content (AvgIpc) is 2.86. The highest BCUT2D eigenvalue weighted by Gasteiger charge is 2.30. The summed E-state index contributed by atoms with van der Waals surface area (Å²) in [5, 5.41) is 3.32. The number of benzene rings is 3. The number of rotatable bonds is 10. The maximum atomic E-state index is 13.5. The number of carbonyl (C=O) groups is 2. The Kier molecular flexibility index (Phi) is 9.75. The monoisotopic (exact) mass is 556 g/mol. The summed E-state index contributed by atoms with van der Waals surface area (Å²) in [4.78, 5) is 28.0. The summed E-state index contributed by atoms with van der Waals surface area (Å²) < 4.78 is 6.68. The standard InChI is InChI=1S/C28H30BrClN2O3/c1-19(2)22-11-14-26(24(29)16-22)35-18-27(33)32(17-21-9-12-23(30)13-10-21)25(28(34)31-3)15-20-7-5-4-6-8-20/h4-14,16,19,25H,15,17-18H2,1-3H3,(H,31,34). The van der Waals surface area contributed by atoms with Crippen LogP contribution >= 0.6 is 27.5 Å². The second kappa shape index (κ2) is 12.8. The molecule has 3 aromatic carbocycles. The topological polar surface area (TPSA) is 58.6 Å². The van der Waals surface area contributed by atoms with Gasteiger partial charge in [-0.15, -0.1) is 0 Å². The molecule has 5 nitrogen and oxygen atoms in total. The molecule has 0 aliphatic rings. The summed E-state index contributed by atoms with van der Waals surface area (Å²) in [6.45, 7) is 4.28. The Hall–Kier alpha value is -2.83. The Labute approximate surface area is 220 Å². The molecule has 0 aromatic heterocycles. The smallest absolute Gasteiger partial charge is 0.261 e. The minimum atomic E-state index is -0.707. The molecule has 0 radical (unpaired) electrons. The van der Waals surface area contributed by atoms with Gasteiger partial charge in [-0.05, 0) is 62.8 Å². The SMILES string of the molecule is CNC(=O)C(Cc1ccccc1)N(Cc1ccc(Cl)cc1)C(=O)COc1ccc(C(C)C)cc1Br. The van der Waals surface area contributed by atoms with E-state index in [1.807, 2.05) is 60.7 Å². The van der Waals surface area contributed by atoms with E-state index in [1.54, 1.807) is 24.1 Å². The van der Waals surface area contributed by atoms with Crippen LogP contribution in [0.5, 0.6) is 5.75 Å². The number of hydrogen-bond donors (Lipinski definition) is 1. The fraction of sp³-hybridized carbons (Fsp3) is 0.286. The van der Waals surface area contributed by atoms with Gasteiger partial charge in [0, 0.05) is 25.0 Å². The van der Waals surface area contributed by atoms with Gasteiger partial charge in [0.1, 0.15) is 11.8 Å². The molecule has 3 rings (SSSR count). The summed E-state index contributed by atoms with van der Waals surface area (Å²) >= 11 is 9.59. The third-order valence-corrected chi connectivity index (χ3v) is 6.63. The fourth-order valence-corrected chi connectivity index (χ4v) is 4.36. The van der Waals surface area contributed by atoms with Crippen molar-refractivity contribution in [1.29, 1.82) is 0 Å². The molecule has 35 heavy (non-hydrogen) atoms. The van der Waals surface area contributed by atoms with Gasteiger partial charge in [0.2, 0.25) is 5.91 Å². The van der Waals surface area contributed by atoms with Gasteiger partial charge in [-0.3, -0.25) is 9.59 Å². The molecular formula is C28H30BrClN2O3. The molecule has 0 aliphatic carbocycles. The van der Waals surface area contributed by atoms with Gasteiger partial charge in [-0.2, -0.15) is 0 Å². The third kappa shape index (κ3) is 7.58. The van der Waals surface area contributed by atoms with Crippen molar-refractivity contribution in [3.63, 3.8) is 0 Å². The van der Waals surface area contributed by atoms with Crippen LogP contribution < -0.4 is 10.1 Å². The van der Waals surface area contributed by atoms with Gasteiger partial charge in [-0.25, -0.2) is 0 Å². The Balaban J connectivity index is 1.86. The van der Waals surface area contributed by atoms with Gasteiger partial charge in [-0.1, -0.05) is 74.0 Å². The van der Waals surface area contributed by atoms with Gasteiger partial charge in [0.05, 0.1) is 4.47 Å². The van der Waals surface area contributed by atoms with E-state index in [4.69, 9.17) is 16.3 Å². The Morgan fingerprint density at radius 2 is 1.69 bits per heavy atom. The van der Waals surface area contributed by atoms with Gasteiger partial charge in [0.15, 0.2) is 6.61 Å². The summed E-state index contributed by atoms with van der Waals surface area (Å²) in [5.41, 5.74) is 3.00. The molecule has 0 bridgehead atoms. The van der Waals surface area contributed by atoms with Crippen molar-refractivity contribution in [1.82, 2.24) is 10.2 Å². The molecule has 1 atom stereocenters. The first-order valence-corrected chi connectivity index (χ1v) is 12.7. The zero-order valence-corrected chi connectivity index (χ0v) is 22.5. The van der Waals surface area contributed by atoms with Crippen molar-refractivity contribution < 1.29 is 14.3 Å². The zero-order valence-electron chi connectivity index (χ0n) is 20.1. The van der Waals surface area contributed by atoms with E-state index < -0.39 is 6.04 Å². The summed E-state index contributed by atoms with van der Waals surface area (Å²) in [6, 6.07) is 22.1. The van der Waals surface area contributed by atoms with E-state index in [9.17, 15) is 9.59 Å². The average molecular weight is 558 g/mol. The Morgan fingerprint density at radius 3 is 2.29 bits per heavy atom. The van der Waals surface area contributed by atoms with Gasteiger partial charge < -0.3 is 15.0 Å². The maximum absolute atomic E-state index is 13.5. The molecule has 2 amide bonds. The van der Waals surface area contributed by atoms with Crippen LogP contribution in [-0.4, -0.2) is 36.4 Å². The first kappa shape index (κ1) is 26.8.